The van der Waals surface area contributed by atoms with Crippen LogP contribution >= 0.6 is 0 Å². The maximum Gasteiger partial charge on any atom is 0.411 e. The summed E-state index contributed by atoms with van der Waals surface area (Å²) in [4.78, 5) is 21.7. The molecule has 0 fully saturated rings. The molecule has 0 atom stereocenters. The van der Waals surface area contributed by atoms with E-state index in [1.165, 1.54) is 30.2 Å². The summed E-state index contributed by atoms with van der Waals surface area (Å²) in [5.74, 6) is 0. The molecule has 0 saturated heterocycles. The van der Waals surface area contributed by atoms with Gasteiger partial charge in [0.15, 0.2) is 12.8 Å². The summed E-state index contributed by atoms with van der Waals surface area (Å²) in [7, 11) is 0. The Morgan fingerprint density at radius 3 is 2.00 bits per heavy atom. The van der Waals surface area contributed by atoms with E-state index < -0.39 is 11.7 Å². The highest BCUT2D eigenvalue weighted by molar-refractivity contribution is 5.68. The zero-order chi connectivity index (χ0) is 14.6. The summed E-state index contributed by atoms with van der Waals surface area (Å²) in [5.41, 5.74) is 0.710. The van der Waals surface area contributed by atoms with Crippen LogP contribution in [0.4, 0.5) is 4.79 Å². The van der Waals surface area contributed by atoms with Crippen LogP contribution in [-0.4, -0.2) is 26.6 Å². The summed E-state index contributed by atoms with van der Waals surface area (Å²) >= 11 is 0. The van der Waals surface area contributed by atoms with Crippen LogP contribution in [0.3, 0.4) is 0 Å². The molecule has 0 saturated carbocycles. The van der Waals surface area contributed by atoms with Gasteiger partial charge in [-0.1, -0.05) is 0 Å². The molecule has 20 heavy (non-hydrogen) atoms. The number of ether oxygens (including phenoxy) is 1. The van der Waals surface area contributed by atoms with Gasteiger partial charge < -0.3 is 13.6 Å². The number of nitrogens with zero attached hydrogens (tertiary/aromatic N) is 3. The average molecular weight is 279 g/mol. The van der Waals surface area contributed by atoms with E-state index in [-0.39, 0.29) is 13.1 Å². The van der Waals surface area contributed by atoms with Gasteiger partial charge in [0.1, 0.15) is 18.1 Å². The van der Waals surface area contributed by atoms with E-state index in [1.54, 1.807) is 0 Å². The zero-order valence-electron chi connectivity index (χ0n) is 11.7. The van der Waals surface area contributed by atoms with E-state index in [1.807, 2.05) is 20.8 Å². The molecule has 108 valence electrons. The largest absolute Gasteiger partial charge is 0.451 e. The third kappa shape index (κ3) is 4.11. The van der Waals surface area contributed by atoms with Crippen LogP contribution in [0.15, 0.2) is 34.1 Å². The number of carbonyl (C=O) groups excluding carboxylic acids is 1. The summed E-state index contributed by atoms with van der Waals surface area (Å²) in [6, 6.07) is 0. The third-order valence-corrected chi connectivity index (χ3v) is 2.32. The molecular weight excluding hydrogens is 262 g/mol. The van der Waals surface area contributed by atoms with Crippen molar-refractivity contribution in [2.75, 3.05) is 0 Å². The molecule has 2 heterocycles. The smallest absolute Gasteiger partial charge is 0.411 e. The van der Waals surface area contributed by atoms with Gasteiger partial charge >= 0.3 is 6.09 Å². The van der Waals surface area contributed by atoms with Gasteiger partial charge in [-0.05, 0) is 20.8 Å². The summed E-state index contributed by atoms with van der Waals surface area (Å²) in [6.45, 7) is 6.00. The number of hydrogen-bond donors (Lipinski definition) is 0. The second-order valence-electron chi connectivity index (χ2n) is 5.30. The average Bonchev–Trinajstić information content (AvgIpc) is 2.98. The summed E-state index contributed by atoms with van der Waals surface area (Å²) in [6.07, 6.45) is 5.17. The number of aromatic nitrogens is 2. The molecule has 7 heteroatoms. The topological polar surface area (TPSA) is 81.6 Å². The van der Waals surface area contributed by atoms with Crippen LogP contribution < -0.4 is 0 Å². The van der Waals surface area contributed by atoms with Gasteiger partial charge in [-0.2, -0.15) is 0 Å². The van der Waals surface area contributed by atoms with E-state index >= 15 is 0 Å². The van der Waals surface area contributed by atoms with E-state index in [0.717, 1.165) is 0 Å². The zero-order valence-corrected chi connectivity index (χ0v) is 11.7. The highest BCUT2D eigenvalue weighted by Gasteiger charge is 2.23. The normalized spacial score (nSPS) is 11.3. The second-order valence-corrected chi connectivity index (χ2v) is 5.30. The van der Waals surface area contributed by atoms with Gasteiger partial charge in [-0.15, -0.1) is 0 Å². The van der Waals surface area contributed by atoms with E-state index in [4.69, 9.17) is 13.6 Å². The SMILES string of the molecule is CC(C)(C)OC(=O)N(Cc1cocn1)Cc1cocn1. The lowest BCUT2D eigenvalue weighted by Crippen LogP contribution is -2.36. The maximum absolute atomic E-state index is 12.2. The Morgan fingerprint density at radius 1 is 1.15 bits per heavy atom. The Labute approximate surface area is 116 Å². The van der Waals surface area contributed by atoms with E-state index in [0.29, 0.717) is 11.4 Å². The molecule has 2 aromatic rings. The third-order valence-electron chi connectivity index (χ3n) is 2.32. The minimum absolute atomic E-state index is 0.276. The molecule has 0 aliphatic carbocycles. The fourth-order valence-electron chi connectivity index (χ4n) is 1.53. The van der Waals surface area contributed by atoms with Crippen molar-refractivity contribution >= 4 is 6.09 Å². The number of oxazole rings is 2. The van der Waals surface area contributed by atoms with Gasteiger partial charge in [0.2, 0.25) is 0 Å². The van der Waals surface area contributed by atoms with E-state index in [2.05, 4.69) is 9.97 Å². The molecule has 1 amide bonds. The summed E-state index contributed by atoms with van der Waals surface area (Å²) < 4.78 is 15.2. The van der Waals surface area contributed by atoms with Crippen LogP contribution in [0.25, 0.3) is 0 Å². The molecule has 2 aromatic heterocycles. The van der Waals surface area contributed by atoms with Gasteiger partial charge in [0, 0.05) is 0 Å². The van der Waals surface area contributed by atoms with Gasteiger partial charge in [0.05, 0.1) is 24.5 Å². The summed E-state index contributed by atoms with van der Waals surface area (Å²) in [5, 5.41) is 0. The molecule has 2 rings (SSSR count). The molecule has 0 aliphatic rings. The number of rotatable bonds is 4. The van der Waals surface area contributed by atoms with E-state index in [9.17, 15) is 4.79 Å². The molecule has 7 nitrogen and oxygen atoms in total. The first-order valence-corrected chi connectivity index (χ1v) is 6.16. The van der Waals surface area contributed by atoms with Crippen LogP contribution in [0.1, 0.15) is 32.2 Å². The Hall–Kier alpha value is -2.31. The molecule has 0 aromatic carbocycles. The number of hydrogen-bond acceptors (Lipinski definition) is 6. The van der Waals surface area contributed by atoms with Crippen molar-refractivity contribution in [2.45, 2.75) is 39.5 Å². The van der Waals surface area contributed by atoms with Gasteiger partial charge in [-0.25, -0.2) is 14.8 Å². The van der Waals surface area contributed by atoms with Crippen molar-refractivity contribution in [1.82, 2.24) is 14.9 Å². The van der Waals surface area contributed by atoms with Crippen molar-refractivity contribution < 1.29 is 18.4 Å². The molecule has 0 unspecified atom stereocenters. The highest BCUT2D eigenvalue weighted by atomic mass is 16.6. The lowest BCUT2D eigenvalue weighted by molar-refractivity contribution is 0.0211. The highest BCUT2D eigenvalue weighted by Crippen LogP contribution is 2.14. The minimum atomic E-state index is -0.566. The van der Waals surface area contributed by atoms with Crippen LogP contribution in [0, 0.1) is 0 Å². The molecule has 0 spiro atoms. The number of amides is 1. The lowest BCUT2D eigenvalue weighted by Gasteiger charge is -2.26. The molecule has 0 N–H and O–H groups in total. The molecule has 0 aliphatic heterocycles. The number of carbonyl (C=O) groups is 1. The molecule has 0 bridgehead atoms. The van der Waals surface area contributed by atoms with Crippen molar-refractivity contribution in [3.63, 3.8) is 0 Å². The fraction of sp³-hybridized carbons (Fsp3) is 0.462. The van der Waals surface area contributed by atoms with Crippen molar-refractivity contribution in [3.8, 4) is 0 Å². The van der Waals surface area contributed by atoms with Crippen LogP contribution in [0.2, 0.25) is 0 Å². The Kier molecular flexibility index (Phi) is 4.07. The lowest BCUT2D eigenvalue weighted by atomic mass is 10.2. The predicted octanol–water partition coefficient (Wildman–Crippen LogP) is 2.60. The maximum atomic E-state index is 12.2. The second kappa shape index (κ2) is 5.77. The Bertz CT molecular complexity index is 492. The monoisotopic (exact) mass is 279 g/mol. The van der Waals surface area contributed by atoms with Crippen molar-refractivity contribution in [1.29, 1.82) is 0 Å². The first-order valence-electron chi connectivity index (χ1n) is 6.16. The fourth-order valence-corrected chi connectivity index (χ4v) is 1.53. The quantitative estimate of drug-likeness (QED) is 0.855. The van der Waals surface area contributed by atoms with Crippen molar-refractivity contribution in [3.05, 3.63) is 36.7 Å². The Balaban J connectivity index is 2.08. The first-order chi connectivity index (χ1) is 9.44. The Morgan fingerprint density at radius 2 is 1.65 bits per heavy atom. The standard InChI is InChI=1S/C13H17N3O4/c1-13(2,3)20-12(17)16(4-10-6-18-8-14-10)5-11-7-19-9-15-11/h6-9H,4-5H2,1-3H3. The van der Waals surface area contributed by atoms with Gasteiger partial charge in [0.25, 0.3) is 0 Å². The van der Waals surface area contributed by atoms with Crippen LogP contribution in [-0.2, 0) is 17.8 Å². The molecule has 0 radical (unpaired) electrons. The van der Waals surface area contributed by atoms with Crippen LogP contribution in [0.5, 0.6) is 0 Å². The van der Waals surface area contributed by atoms with Gasteiger partial charge in [-0.3, -0.25) is 4.90 Å². The molecular formula is C13H17N3O4. The predicted molar refractivity (Wildman–Crippen MR) is 68.5 cm³/mol. The first kappa shape index (κ1) is 14.1. The van der Waals surface area contributed by atoms with Crippen molar-refractivity contribution in [2.24, 2.45) is 0 Å². The minimum Gasteiger partial charge on any atom is -0.451 e.